The Morgan fingerprint density at radius 3 is 2.25 bits per heavy atom. The van der Waals surface area contributed by atoms with Crippen molar-refractivity contribution in [3.63, 3.8) is 0 Å². The lowest BCUT2D eigenvalue weighted by Crippen LogP contribution is -2.53. The summed E-state index contributed by atoms with van der Waals surface area (Å²) >= 11 is 0. The van der Waals surface area contributed by atoms with Gasteiger partial charge in [0.05, 0.1) is 12.3 Å². The third-order valence-corrected chi connectivity index (χ3v) is 6.48. The number of benzene rings is 2. The third-order valence-electron chi connectivity index (χ3n) is 6.48. The summed E-state index contributed by atoms with van der Waals surface area (Å²) in [6, 6.07) is 18.8. The van der Waals surface area contributed by atoms with E-state index in [0.717, 1.165) is 44.5 Å². The largest absolute Gasteiger partial charge is 0.444 e. The molecule has 1 amide bonds. The molecule has 0 radical (unpaired) electrons. The Balaban J connectivity index is 0.000000444. The van der Waals surface area contributed by atoms with Crippen molar-refractivity contribution in [2.75, 3.05) is 32.4 Å². The number of nitrogens with zero attached hydrogens (tertiary/aromatic N) is 2. The lowest BCUT2D eigenvalue weighted by molar-refractivity contribution is -0.0462. The van der Waals surface area contributed by atoms with Gasteiger partial charge in [0.25, 0.3) is 10.1 Å². The number of piperidine rings is 3. The first kappa shape index (κ1) is 22.8. The number of hydrogen-bond donors (Lipinski definition) is 1. The number of carbonyl (C=O) groups is 1. The Morgan fingerprint density at radius 1 is 1.00 bits per heavy atom. The van der Waals surface area contributed by atoms with Crippen molar-refractivity contribution in [1.29, 1.82) is 0 Å². The van der Waals surface area contributed by atoms with Crippen LogP contribution in [0.15, 0.2) is 54.6 Å². The molecule has 4 heterocycles. The predicted octanol–water partition coefficient (Wildman–Crippen LogP) is 3.37. The summed E-state index contributed by atoms with van der Waals surface area (Å²) in [7, 11) is -3.67. The first-order valence-electron chi connectivity index (χ1n) is 11.0. The Bertz CT molecular complexity index is 1030. The van der Waals surface area contributed by atoms with Crippen LogP contribution in [0.5, 0.6) is 0 Å². The molecule has 32 heavy (non-hydrogen) atoms. The number of fused-ring (bicyclic) bond motifs is 4. The van der Waals surface area contributed by atoms with Gasteiger partial charge in [-0.3, -0.25) is 14.4 Å². The highest BCUT2D eigenvalue weighted by Crippen LogP contribution is 2.36. The van der Waals surface area contributed by atoms with Crippen LogP contribution in [0.1, 0.15) is 35.6 Å². The first-order valence-corrected chi connectivity index (χ1v) is 12.9. The van der Waals surface area contributed by atoms with Gasteiger partial charge in [-0.25, -0.2) is 4.79 Å². The molecule has 8 heteroatoms. The molecule has 172 valence electrons. The minimum absolute atomic E-state index is 0.0496. The lowest BCUT2D eigenvalue weighted by Gasteiger charge is -2.45. The summed E-state index contributed by atoms with van der Waals surface area (Å²) in [5, 5.41) is 0. The molecule has 6 rings (SSSR count). The fourth-order valence-corrected chi connectivity index (χ4v) is 5.00. The second-order valence-corrected chi connectivity index (χ2v) is 10.2. The fourth-order valence-electron chi connectivity index (χ4n) is 5.00. The van der Waals surface area contributed by atoms with Crippen LogP contribution in [0.2, 0.25) is 0 Å². The quantitative estimate of drug-likeness (QED) is 0.695. The number of rotatable bonds is 2. The van der Waals surface area contributed by atoms with E-state index in [4.69, 9.17) is 9.29 Å². The number of carbonyl (C=O) groups excluding carboxylic acids is 1. The molecule has 4 aliphatic heterocycles. The van der Waals surface area contributed by atoms with Crippen molar-refractivity contribution in [3.05, 3.63) is 71.3 Å². The van der Waals surface area contributed by atoms with Crippen LogP contribution < -0.4 is 0 Å². The molecule has 3 fully saturated rings. The molecule has 0 saturated carbocycles. The minimum Gasteiger partial charge on any atom is -0.444 e. The van der Waals surface area contributed by atoms with E-state index in [9.17, 15) is 13.2 Å². The third kappa shape index (κ3) is 5.49. The van der Waals surface area contributed by atoms with Crippen molar-refractivity contribution in [1.82, 2.24) is 9.80 Å². The molecular weight excluding hydrogens is 428 g/mol. The van der Waals surface area contributed by atoms with E-state index in [2.05, 4.69) is 41.3 Å². The zero-order valence-corrected chi connectivity index (χ0v) is 19.1. The van der Waals surface area contributed by atoms with E-state index in [1.54, 1.807) is 0 Å². The highest BCUT2D eigenvalue weighted by Gasteiger charge is 2.39. The average Bonchev–Trinajstić information content (AvgIpc) is 2.78. The summed E-state index contributed by atoms with van der Waals surface area (Å²) in [5.41, 5.74) is 3.70. The van der Waals surface area contributed by atoms with Crippen LogP contribution in [-0.2, 0) is 21.3 Å². The summed E-state index contributed by atoms with van der Waals surface area (Å²) < 4.78 is 31.9. The van der Waals surface area contributed by atoms with Crippen molar-refractivity contribution in [2.45, 2.75) is 31.4 Å². The summed E-state index contributed by atoms with van der Waals surface area (Å²) in [5.74, 6) is 0.534. The SMILES string of the molecule is CS(=O)(=O)O.O=C(O[C@H]1CN2CCC1CC2)N1CCc2ccccc2[C@@H]1c1ccccc1. The average molecular weight is 459 g/mol. The van der Waals surface area contributed by atoms with Gasteiger partial charge in [0.1, 0.15) is 6.10 Å². The minimum atomic E-state index is -3.67. The molecule has 0 aliphatic carbocycles. The molecule has 0 spiro atoms. The Labute approximate surface area is 189 Å². The van der Waals surface area contributed by atoms with Crippen LogP contribution >= 0.6 is 0 Å². The van der Waals surface area contributed by atoms with Gasteiger partial charge in [0, 0.05) is 13.1 Å². The maximum atomic E-state index is 13.2. The highest BCUT2D eigenvalue weighted by molar-refractivity contribution is 7.85. The Hall–Kier alpha value is -2.42. The van der Waals surface area contributed by atoms with E-state index in [1.165, 1.54) is 11.1 Å². The molecule has 1 N–H and O–H groups in total. The number of ether oxygens (including phenoxy) is 1. The van der Waals surface area contributed by atoms with Crippen molar-refractivity contribution >= 4 is 16.2 Å². The molecule has 0 aromatic heterocycles. The van der Waals surface area contributed by atoms with Gasteiger partial charge in [-0.15, -0.1) is 0 Å². The van der Waals surface area contributed by atoms with Gasteiger partial charge in [-0.1, -0.05) is 54.6 Å². The topological polar surface area (TPSA) is 87.1 Å². The van der Waals surface area contributed by atoms with Gasteiger partial charge in [0.15, 0.2) is 0 Å². The fraction of sp³-hybridized carbons (Fsp3) is 0.458. The first-order chi connectivity index (χ1) is 15.3. The molecule has 2 aromatic rings. The summed E-state index contributed by atoms with van der Waals surface area (Å²) in [6.45, 7) is 3.91. The summed E-state index contributed by atoms with van der Waals surface area (Å²) in [4.78, 5) is 17.6. The van der Waals surface area contributed by atoms with Crippen LogP contribution in [0, 0.1) is 5.92 Å². The zero-order valence-electron chi connectivity index (χ0n) is 18.3. The molecule has 2 aromatic carbocycles. The number of hydrogen-bond acceptors (Lipinski definition) is 5. The maximum absolute atomic E-state index is 13.2. The molecule has 0 unspecified atom stereocenters. The van der Waals surface area contributed by atoms with E-state index in [1.807, 2.05) is 23.1 Å². The number of amides is 1. The van der Waals surface area contributed by atoms with Crippen LogP contribution in [-0.4, -0.2) is 67.4 Å². The molecule has 3 saturated heterocycles. The van der Waals surface area contributed by atoms with E-state index in [-0.39, 0.29) is 18.2 Å². The Morgan fingerprint density at radius 2 is 1.62 bits per heavy atom. The van der Waals surface area contributed by atoms with Crippen molar-refractivity contribution in [2.24, 2.45) is 5.92 Å². The van der Waals surface area contributed by atoms with Gasteiger partial charge >= 0.3 is 6.09 Å². The highest BCUT2D eigenvalue weighted by atomic mass is 32.2. The smallest absolute Gasteiger partial charge is 0.410 e. The molecule has 2 atom stereocenters. The second-order valence-electron chi connectivity index (χ2n) is 8.75. The van der Waals surface area contributed by atoms with E-state index in [0.29, 0.717) is 18.7 Å². The Kier molecular flexibility index (Phi) is 6.83. The molecule has 2 bridgehead atoms. The lowest BCUT2D eigenvalue weighted by atomic mass is 9.86. The molecule has 4 aliphatic rings. The second kappa shape index (κ2) is 9.60. The monoisotopic (exact) mass is 458 g/mol. The van der Waals surface area contributed by atoms with Crippen molar-refractivity contribution < 1.29 is 22.5 Å². The van der Waals surface area contributed by atoms with Crippen molar-refractivity contribution in [3.8, 4) is 0 Å². The van der Waals surface area contributed by atoms with Crippen LogP contribution in [0.4, 0.5) is 4.79 Å². The predicted molar refractivity (Wildman–Crippen MR) is 122 cm³/mol. The van der Waals surface area contributed by atoms with Gasteiger partial charge in [-0.2, -0.15) is 8.42 Å². The maximum Gasteiger partial charge on any atom is 0.410 e. The van der Waals surface area contributed by atoms with Gasteiger partial charge in [0.2, 0.25) is 0 Å². The van der Waals surface area contributed by atoms with E-state index >= 15 is 0 Å². The van der Waals surface area contributed by atoms with Gasteiger partial charge in [-0.05, 0) is 55.0 Å². The molecule has 7 nitrogen and oxygen atoms in total. The van der Waals surface area contributed by atoms with E-state index < -0.39 is 10.1 Å². The molecular formula is C24H30N2O5S. The summed E-state index contributed by atoms with van der Waals surface area (Å²) in [6.07, 6.45) is 3.80. The van der Waals surface area contributed by atoms with Crippen LogP contribution in [0.25, 0.3) is 0 Å². The van der Waals surface area contributed by atoms with Crippen LogP contribution in [0.3, 0.4) is 0 Å². The standard InChI is InChI=1S/C23H26N2O2.CH4O3S/c26-23(27-21-16-24-13-10-18(21)11-14-24)25-15-12-17-6-4-5-9-20(17)22(25)19-7-2-1-3-8-19;1-5(2,3)4/h1-9,18,21-22H,10-16H2;1H3,(H,2,3,4)/t21-,22-;/m0./s1. The van der Waals surface area contributed by atoms with Gasteiger partial charge < -0.3 is 4.74 Å². The normalized spacial score (nSPS) is 26.5. The zero-order chi connectivity index (χ0) is 22.7.